The van der Waals surface area contributed by atoms with Gasteiger partial charge in [-0.1, -0.05) is 12.7 Å². The van der Waals surface area contributed by atoms with Gasteiger partial charge in [0, 0.05) is 23.3 Å². The molecule has 0 spiro atoms. The van der Waals surface area contributed by atoms with E-state index >= 15 is 0 Å². The van der Waals surface area contributed by atoms with Gasteiger partial charge in [-0.15, -0.1) is 5.10 Å². The highest BCUT2D eigenvalue weighted by Crippen LogP contribution is 2.39. The molecule has 2 aromatic carbocycles. The first-order valence-electron chi connectivity index (χ1n) is 10.2. The van der Waals surface area contributed by atoms with Gasteiger partial charge >= 0.3 is 5.97 Å². The van der Waals surface area contributed by atoms with Crippen molar-refractivity contribution in [2.45, 2.75) is 5.16 Å². The number of hydrogen-bond donors (Lipinski definition) is 2. The van der Waals surface area contributed by atoms with Crippen LogP contribution in [-0.4, -0.2) is 59.1 Å². The maximum atomic E-state index is 12.0. The Kier molecular flexibility index (Phi) is 8.52. The standard InChI is InChI=1S/C23H22N4O8S/c1-5-6-35-20-13(7-15(27(30)31)11-18(20)34-4)10-19(22(28)29)36-23-24-21(25-26-23)14-8-16(32-2)12-17(9-14)33-3/h5,7-12H,1,6H2,2-4H3,(H,28,29)(H,24,25,26)/b19-10+. The summed E-state index contributed by atoms with van der Waals surface area (Å²) in [6, 6.07) is 7.50. The Labute approximate surface area is 209 Å². The van der Waals surface area contributed by atoms with E-state index in [4.69, 9.17) is 18.9 Å². The number of carboxylic acid groups (broad SMARTS) is 1. The summed E-state index contributed by atoms with van der Waals surface area (Å²) in [5.74, 6) is 0.321. The molecule has 36 heavy (non-hydrogen) atoms. The molecular weight excluding hydrogens is 492 g/mol. The number of nitro benzene ring substituents is 1. The first kappa shape index (κ1) is 26.1. The molecule has 1 aromatic heterocycles. The van der Waals surface area contributed by atoms with Gasteiger partial charge in [-0.05, 0) is 30.0 Å². The van der Waals surface area contributed by atoms with Crippen molar-refractivity contribution in [2.24, 2.45) is 0 Å². The molecule has 1 heterocycles. The van der Waals surface area contributed by atoms with Gasteiger partial charge < -0.3 is 24.1 Å². The summed E-state index contributed by atoms with van der Waals surface area (Å²) in [5, 5.41) is 28.2. The average molecular weight is 515 g/mol. The predicted molar refractivity (Wildman–Crippen MR) is 132 cm³/mol. The number of nitro groups is 1. The monoisotopic (exact) mass is 514 g/mol. The molecule has 0 radical (unpaired) electrons. The van der Waals surface area contributed by atoms with Crippen LogP contribution in [0.15, 0.2) is 53.0 Å². The molecule has 0 saturated heterocycles. The van der Waals surface area contributed by atoms with Crippen molar-refractivity contribution in [3.63, 3.8) is 0 Å². The summed E-state index contributed by atoms with van der Waals surface area (Å²) in [5.41, 5.74) is 0.432. The zero-order valence-corrected chi connectivity index (χ0v) is 20.3. The molecule has 0 unspecified atom stereocenters. The van der Waals surface area contributed by atoms with Crippen LogP contribution in [0.4, 0.5) is 5.69 Å². The fraction of sp³-hybridized carbons (Fsp3) is 0.174. The van der Waals surface area contributed by atoms with Crippen molar-refractivity contribution < 1.29 is 33.8 Å². The molecule has 3 aromatic rings. The van der Waals surface area contributed by atoms with Crippen molar-refractivity contribution in [3.8, 4) is 34.4 Å². The van der Waals surface area contributed by atoms with Gasteiger partial charge in [-0.25, -0.2) is 9.78 Å². The Morgan fingerprint density at radius 3 is 2.42 bits per heavy atom. The molecule has 2 N–H and O–H groups in total. The number of methoxy groups -OCH3 is 3. The van der Waals surface area contributed by atoms with E-state index in [1.807, 2.05) is 0 Å². The Morgan fingerprint density at radius 1 is 1.17 bits per heavy atom. The molecule has 0 bridgehead atoms. The minimum Gasteiger partial charge on any atom is -0.497 e. The molecule has 12 nitrogen and oxygen atoms in total. The van der Waals surface area contributed by atoms with E-state index in [9.17, 15) is 20.0 Å². The van der Waals surface area contributed by atoms with E-state index in [0.29, 0.717) is 22.9 Å². The van der Waals surface area contributed by atoms with Gasteiger partial charge in [-0.2, -0.15) is 0 Å². The van der Waals surface area contributed by atoms with E-state index in [1.165, 1.54) is 45.6 Å². The first-order valence-corrected chi connectivity index (χ1v) is 11.0. The number of aliphatic carboxylic acids is 1. The number of aromatic amines is 1. The third-order valence-corrected chi connectivity index (χ3v) is 5.51. The minimum atomic E-state index is -1.30. The van der Waals surface area contributed by atoms with E-state index in [-0.39, 0.29) is 39.4 Å². The van der Waals surface area contributed by atoms with E-state index in [2.05, 4.69) is 21.8 Å². The van der Waals surface area contributed by atoms with Crippen LogP contribution >= 0.6 is 11.8 Å². The number of ether oxygens (including phenoxy) is 4. The number of carboxylic acids is 1. The van der Waals surface area contributed by atoms with Gasteiger partial charge in [0.1, 0.15) is 23.0 Å². The number of hydrogen-bond acceptors (Lipinski definition) is 10. The summed E-state index contributed by atoms with van der Waals surface area (Å²) in [6.07, 6.45) is 2.70. The first-order chi connectivity index (χ1) is 17.3. The third-order valence-electron chi connectivity index (χ3n) is 4.63. The van der Waals surface area contributed by atoms with Crippen LogP contribution in [0.25, 0.3) is 17.5 Å². The maximum absolute atomic E-state index is 12.0. The second-order valence-corrected chi connectivity index (χ2v) is 7.92. The summed E-state index contributed by atoms with van der Waals surface area (Å²) in [7, 11) is 4.35. The molecule has 0 aliphatic heterocycles. The lowest BCUT2D eigenvalue weighted by Crippen LogP contribution is -2.02. The molecule has 0 aliphatic rings. The molecule has 13 heteroatoms. The topological polar surface area (TPSA) is 159 Å². The average Bonchev–Trinajstić information content (AvgIpc) is 3.35. The van der Waals surface area contributed by atoms with Crippen molar-refractivity contribution in [2.75, 3.05) is 27.9 Å². The number of rotatable bonds is 12. The molecule has 0 saturated carbocycles. The van der Waals surface area contributed by atoms with Gasteiger partial charge in [0.2, 0.25) is 5.16 Å². The molecule has 188 valence electrons. The largest absolute Gasteiger partial charge is 0.497 e. The molecular formula is C23H22N4O8S. The smallest absolute Gasteiger partial charge is 0.342 e. The molecule has 0 fully saturated rings. The van der Waals surface area contributed by atoms with E-state index in [0.717, 1.165) is 11.8 Å². The lowest BCUT2D eigenvalue weighted by Gasteiger charge is -2.13. The summed E-state index contributed by atoms with van der Waals surface area (Å²) >= 11 is 0.747. The fourth-order valence-electron chi connectivity index (χ4n) is 3.01. The van der Waals surface area contributed by atoms with Crippen LogP contribution in [0.3, 0.4) is 0 Å². The zero-order valence-electron chi connectivity index (χ0n) is 19.5. The molecule has 0 aliphatic carbocycles. The van der Waals surface area contributed by atoms with Crippen LogP contribution in [0.2, 0.25) is 0 Å². The third kappa shape index (κ3) is 6.13. The van der Waals surface area contributed by atoms with Crippen LogP contribution in [-0.2, 0) is 4.79 Å². The van der Waals surface area contributed by atoms with E-state index in [1.54, 1.807) is 18.2 Å². The highest BCUT2D eigenvalue weighted by Gasteiger charge is 2.21. The number of benzene rings is 2. The number of thioether (sulfide) groups is 1. The Morgan fingerprint density at radius 2 is 1.86 bits per heavy atom. The van der Waals surface area contributed by atoms with Crippen LogP contribution in [0.1, 0.15) is 5.56 Å². The summed E-state index contributed by atoms with van der Waals surface area (Å²) in [6.45, 7) is 3.65. The van der Waals surface area contributed by atoms with Crippen molar-refractivity contribution in [3.05, 3.63) is 63.6 Å². The number of H-pyrrole nitrogens is 1. The van der Waals surface area contributed by atoms with Crippen molar-refractivity contribution in [1.29, 1.82) is 0 Å². The summed E-state index contributed by atoms with van der Waals surface area (Å²) < 4.78 is 21.4. The lowest BCUT2D eigenvalue weighted by molar-refractivity contribution is -0.385. The highest BCUT2D eigenvalue weighted by atomic mass is 32.2. The Bertz CT molecular complexity index is 1300. The number of non-ortho nitro benzene ring substituents is 1. The van der Waals surface area contributed by atoms with Gasteiger partial charge in [0.25, 0.3) is 5.69 Å². The predicted octanol–water partition coefficient (Wildman–Crippen LogP) is 4.19. The maximum Gasteiger partial charge on any atom is 0.342 e. The summed E-state index contributed by atoms with van der Waals surface area (Å²) in [4.78, 5) is 27.0. The number of carbonyl (C=O) groups is 1. The minimum absolute atomic E-state index is 0.0683. The van der Waals surface area contributed by atoms with Crippen LogP contribution in [0.5, 0.6) is 23.0 Å². The quantitative estimate of drug-likeness (QED) is 0.117. The second-order valence-electron chi connectivity index (χ2n) is 6.91. The Balaban J connectivity index is 2.01. The lowest BCUT2D eigenvalue weighted by atomic mass is 10.1. The van der Waals surface area contributed by atoms with Gasteiger partial charge in [-0.3, -0.25) is 15.2 Å². The number of nitrogens with zero attached hydrogens (tertiary/aromatic N) is 3. The van der Waals surface area contributed by atoms with Gasteiger partial charge in [0.15, 0.2) is 17.3 Å². The fourth-order valence-corrected chi connectivity index (χ4v) is 3.71. The number of aromatic nitrogens is 3. The van der Waals surface area contributed by atoms with Crippen LogP contribution < -0.4 is 18.9 Å². The molecule has 0 atom stereocenters. The second kappa shape index (κ2) is 11.8. The van der Waals surface area contributed by atoms with Crippen molar-refractivity contribution >= 4 is 29.5 Å². The van der Waals surface area contributed by atoms with Gasteiger partial charge in [0.05, 0.1) is 32.3 Å². The molecule has 0 amide bonds. The Hall–Kier alpha value is -4.52. The SMILES string of the molecule is C=CCOc1c(/C=C(/Sc2n[nH]c(-c3cc(OC)cc(OC)c3)n2)C(=O)O)cc([N+](=O)[O-])cc1OC. The van der Waals surface area contributed by atoms with E-state index < -0.39 is 10.9 Å². The highest BCUT2D eigenvalue weighted by molar-refractivity contribution is 8.04. The van der Waals surface area contributed by atoms with Crippen LogP contribution in [0, 0.1) is 10.1 Å². The van der Waals surface area contributed by atoms with Crippen molar-refractivity contribution in [1.82, 2.24) is 15.2 Å². The normalized spacial score (nSPS) is 11.0. The number of nitrogens with one attached hydrogen (secondary N) is 1. The molecule has 3 rings (SSSR count). The zero-order chi connectivity index (χ0) is 26.2.